The van der Waals surface area contributed by atoms with Crippen molar-refractivity contribution in [2.45, 2.75) is 64.7 Å². The summed E-state index contributed by atoms with van der Waals surface area (Å²) in [4.78, 5) is 7.14. The fourth-order valence-electron chi connectivity index (χ4n) is 4.06. The molecule has 0 radical (unpaired) electrons. The lowest BCUT2D eigenvalue weighted by Gasteiger charge is -2.36. The molecule has 0 spiro atoms. The first-order valence-corrected chi connectivity index (χ1v) is 9.38. The largest absolute Gasteiger partial charge is 0.384 e. The number of hydrogen-bond acceptors (Lipinski definition) is 5. The number of morpholine rings is 1. The van der Waals surface area contributed by atoms with Crippen molar-refractivity contribution in [1.29, 1.82) is 0 Å². The number of pyridine rings is 1. The van der Waals surface area contributed by atoms with E-state index in [4.69, 9.17) is 15.5 Å². The van der Waals surface area contributed by atoms with Gasteiger partial charge in [0.1, 0.15) is 5.82 Å². The van der Waals surface area contributed by atoms with Crippen LogP contribution in [0.25, 0.3) is 0 Å². The molecule has 134 valence electrons. The van der Waals surface area contributed by atoms with Gasteiger partial charge in [-0.2, -0.15) is 0 Å². The highest BCUT2D eigenvalue weighted by atomic mass is 16.5. The van der Waals surface area contributed by atoms with E-state index in [0.717, 1.165) is 42.8 Å². The Morgan fingerprint density at radius 2 is 2.00 bits per heavy atom. The maximum atomic E-state index is 6.00. The van der Waals surface area contributed by atoms with Crippen LogP contribution >= 0.6 is 0 Å². The molecule has 1 aliphatic carbocycles. The van der Waals surface area contributed by atoms with E-state index in [-0.39, 0.29) is 12.2 Å². The molecule has 0 aromatic carbocycles. The van der Waals surface area contributed by atoms with Crippen molar-refractivity contribution in [3.8, 4) is 0 Å². The number of aryl methyl sites for hydroxylation is 1. The lowest BCUT2D eigenvalue weighted by atomic mass is 10.0. The number of aromatic nitrogens is 1. The maximum absolute atomic E-state index is 6.00. The molecule has 1 saturated heterocycles. The Bertz CT molecular complexity index is 540. The fourth-order valence-corrected chi connectivity index (χ4v) is 4.06. The van der Waals surface area contributed by atoms with Gasteiger partial charge in [0.25, 0.3) is 0 Å². The van der Waals surface area contributed by atoms with Gasteiger partial charge in [-0.05, 0) is 64.5 Å². The van der Waals surface area contributed by atoms with Crippen LogP contribution in [-0.4, -0.2) is 42.9 Å². The highest BCUT2D eigenvalue weighted by Crippen LogP contribution is 2.27. The second-order valence-electron chi connectivity index (χ2n) is 7.62. The van der Waals surface area contributed by atoms with Gasteiger partial charge in [-0.15, -0.1) is 0 Å². The van der Waals surface area contributed by atoms with E-state index in [9.17, 15) is 0 Å². The van der Waals surface area contributed by atoms with Crippen LogP contribution in [0.15, 0.2) is 12.1 Å². The van der Waals surface area contributed by atoms with Gasteiger partial charge in [0.2, 0.25) is 0 Å². The summed E-state index contributed by atoms with van der Waals surface area (Å²) in [5.41, 5.74) is 8.22. The van der Waals surface area contributed by atoms with Gasteiger partial charge in [0, 0.05) is 25.7 Å². The topological polar surface area (TPSA) is 63.4 Å². The lowest BCUT2D eigenvalue weighted by molar-refractivity contribution is -0.00546. The van der Waals surface area contributed by atoms with Crippen molar-refractivity contribution >= 4 is 11.5 Å². The van der Waals surface area contributed by atoms with Crippen molar-refractivity contribution in [2.24, 2.45) is 11.7 Å². The quantitative estimate of drug-likeness (QED) is 0.868. The SMILES string of the molecule is Cc1nc(N2CC(C)OC(C)C2)ccc1NCCC1CCC(N)C1. The minimum Gasteiger partial charge on any atom is -0.384 e. The Morgan fingerprint density at radius 1 is 1.25 bits per heavy atom. The molecule has 0 amide bonds. The van der Waals surface area contributed by atoms with Crippen molar-refractivity contribution in [1.82, 2.24) is 4.98 Å². The van der Waals surface area contributed by atoms with E-state index in [0.29, 0.717) is 6.04 Å². The number of nitrogens with two attached hydrogens (primary N) is 1. The van der Waals surface area contributed by atoms with Gasteiger partial charge in [0.15, 0.2) is 0 Å². The molecular weight excluding hydrogens is 300 g/mol. The van der Waals surface area contributed by atoms with Crippen LogP contribution in [0.1, 0.15) is 45.2 Å². The number of anilines is 2. The molecule has 2 fully saturated rings. The van der Waals surface area contributed by atoms with Gasteiger partial charge >= 0.3 is 0 Å². The first kappa shape index (κ1) is 17.5. The predicted octanol–water partition coefficient (Wildman–Crippen LogP) is 2.93. The lowest BCUT2D eigenvalue weighted by Crippen LogP contribution is -2.45. The zero-order valence-corrected chi connectivity index (χ0v) is 15.3. The molecular formula is C19H32N4O. The Morgan fingerprint density at radius 3 is 2.62 bits per heavy atom. The van der Waals surface area contributed by atoms with E-state index in [2.05, 4.69) is 43.1 Å². The minimum atomic E-state index is 0.256. The number of hydrogen-bond donors (Lipinski definition) is 2. The molecule has 5 nitrogen and oxygen atoms in total. The van der Waals surface area contributed by atoms with Crippen LogP contribution in [0.3, 0.4) is 0 Å². The molecule has 1 saturated carbocycles. The van der Waals surface area contributed by atoms with E-state index >= 15 is 0 Å². The van der Waals surface area contributed by atoms with Crippen molar-refractivity contribution < 1.29 is 4.74 Å². The van der Waals surface area contributed by atoms with Gasteiger partial charge in [-0.25, -0.2) is 4.98 Å². The van der Waals surface area contributed by atoms with E-state index in [1.54, 1.807) is 0 Å². The van der Waals surface area contributed by atoms with Gasteiger partial charge in [0.05, 0.1) is 23.6 Å². The molecule has 3 N–H and O–H groups in total. The third kappa shape index (κ3) is 4.39. The average molecular weight is 332 g/mol. The summed E-state index contributed by atoms with van der Waals surface area (Å²) >= 11 is 0. The van der Waals surface area contributed by atoms with Gasteiger partial charge in [-0.1, -0.05) is 0 Å². The number of rotatable bonds is 5. The summed E-state index contributed by atoms with van der Waals surface area (Å²) in [5.74, 6) is 1.85. The molecule has 1 aromatic rings. The molecule has 5 heteroatoms. The summed E-state index contributed by atoms with van der Waals surface area (Å²) in [6, 6.07) is 4.73. The Hall–Kier alpha value is -1.33. The van der Waals surface area contributed by atoms with Crippen LogP contribution in [0.5, 0.6) is 0 Å². The van der Waals surface area contributed by atoms with Crippen molar-refractivity contribution in [2.75, 3.05) is 29.9 Å². The summed E-state index contributed by atoms with van der Waals surface area (Å²) in [6.07, 6.45) is 5.37. The van der Waals surface area contributed by atoms with Gasteiger partial charge in [-0.3, -0.25) is 0 Å². The second-order valence-corrected chi connectivity index (χ2v) is 7.62. The maximum Gasteiger partial charge on any atom is 0.129 e. The van der Waals surface area contributed by atoms with Crippen LogP contribution < -0.4 is 16.0 Å². The molecule has 0 bridgehead atoms. The first-order chi connectivity index (χ1) is 11.5. The smallest absolute Gasteiger partial charge is 0.129 e. The minimum absolute atomic E-state index is 0.256. The van der Waals surface area contributed by atoms with Crippen molar-refractivity contribution in [3.05, 3.63) is 17.8 Å². The van der Waals surface area contributed by atoms with E-state index < -0.39 is 0 Å². The fraction of sp³-hybridized carbons (Fsp3) is 0.737. The van der Waals surface area contributed by atoms with E-state index in [1.807, 2.05) is 0 Å². The number of nitrogens with zero attached hydrogens (tertiary/aromatic N) is 2. The highest BCUT2D eigenvalue weighted by Gasteiger charge is 2.24. The average Bonchev–Trinajstić information content (AvgIpc) is 2.93. The number of nitrogens with one attached hydrogen (secondary N) is 1. The van der Waals surface area contributed by atoms with E-state index in [1.165, 1.54) is 25.7 Å². The van der Waals surface area contributed by atoms with Crippen LogP contribution in [0.2, 0.25) is 0 Å². The summed E-state index contributed by atoms with van der Waals surface area (Å²) in [7, 11) is 0. The first-order valence-electron chi connectivity index (χ1n) is 9.38. The highest BCUT2D eigenvalue weighted by molar-refractivity contribution is 5.53. The summed E-state index contributed by atoms with van der Waals surface area (Å²) in [6.45, 7) is 9.16. The summed E-state index contributed by atoms with van der Waals surface area (Å²) in [5, 5.41) is 3.56. The monoisotopic (exact) mass is 332 g/mol. The second kappa shape index (κ2) is 7.70. The Balaban J connectivity index is 1.54. The molecule has 3 rings (SSSR count). The Labute approximate surface area is 146 Å². The van der Waals surface area contributed by atoms with Crippen LogP contribution in [-0.2, 0) is 4.74 Å². The molecule has 24 heavy (non-hydrogen) atoms. The zero-order valence-electron chi connectivity index (χ0n) is 15.3. The molecule has 1 aromatic heterocycles. The third-order valence-corrected chi connectivity index (χ3v) is 5.26. The molecule has 2 heterocycles. The standard InChI is InChI=1S/C19H32N4O/c1-13-11-23(12-14(2)24-13)19-7-6-18(15(3)22-19)21-9-8-16-4-5-17(20)10-16/h6-7,13-14,16-17,21H,4-5,8-12,20H2,1-3H3. The Kier molecular flexibility index (Phi) is 5.61. The molecule has 4 unspecified atom stereocenters. The molecule has 2 aliphatic rings. The number of ether oxygens (including phenoxy) is 1. The third-order valence-electron chi connectivity index (χ3n) is 5.26. The van der Waals surface area contributed by atoms with Gasteiger partial charge < -0.3 is 20.7 Å². The summed E-state index contributed by atoms with van der Waals surface area (Å²) < 4.78 is 5.81. The predicted molar refractivity (Wildman–Crippen MR) is 99.6 cm³/mol. The normalized spacial score (nSPS) is 30.6. The van der Waals surface area contributed by atoms with Crippen LogP contribution in [0, 0.1) is 12.8 Å². The molecule has 1 aliphatic heterocycles. The van der Waals surface area contributed by atoms with Crippen LogP contribution in [0.4, 0.5) is 11.5 Å². The molecule has 4 atom stereocenters. The zero-order chi connectivity index (χ0) is 17.1. The van der Waals surface area contributed by atoms with Crippen molar-refractivity contribution in [3.63, 3.8) is 0 Å².